The van der Waals surface area contributed by atoms with E-state index in [2.05, 4.69) is 23.1 Å². The summed E-state index contributed by atoms with van der Waals surface area (Å²) >= 11 is 6.74. The summed E-state index contributed by atoms with van der Waals surface area (Å²) in [7, 11) is 0. The van der Waals surface area contributed by atoms with Crippen LogP contribution in [0.2, 0.25) is 5.02 Å². The molecule has 0 amide bonds. The van der Waals surface area contributed by atoms with Crippen LogP contribution in [0.15, 0.2) is 30.3 Å². The summed E-state index contributed by atoms with van der Waals surface area (Å²) in [5, 5.41) is 22.7. The molecule has 1 aliphatic heterocycles. The van der Waals surface area contributed by atoms with Crippen LogP contribution in [-0.4, -0.2) is 39.9 Å². The van der Waals surface area contributed by atoms with Gasteiger partial charge in [0.05, 0.1) is 28.2 Å². The first-order valence-electron chi connectivity index (χ1n) is 10.8. The maximum Gasteiger partial charge on any atom is 0.307 e. The van der Waals surface area contributed by atoms with Crippen molar-refractivity contribution in [2.24, 2.45) is 0 Å². The van der Waals surface area contributed by atoms with E-state index in [4.69, 9.17) is 21.4 Å². The second-order valence-electron chi connectivity index (χ2n) is 8.88. The van der Waals surface area contributed by atoms with Crippen molar-refractivity contribution in [3.05, 3.63) is 52.2 Å². The summed E-state index contributed by atoms with van der Waals surface area (Å²) in [6, 6.07) is 9.63. The highest BCUT2D eigenvalue weighted by Gasteiger charge is 2.22. The number of carboxylic acids is 1. The van der Waals surface area contributed by atoms with Gasteiger partial charge in [-0.1, -0.05) is 17.7 Å². The maximum absolute atomic E-state index is 11.5. The summed E-state index contributed by atoms with van der Waals surface area (Å²) in [6.07, 6.45) is 7.92. The minimum absolute atomic E-state index is 0.0810. The number of fused-ring (bicyclic) bond motifs is 2. The normalized spacial score (nSPS) is 12.1. The number of anilines is 1. The van der Waals surface area contributed by atoms with Gasteiger partial charge in [-0.3, -0.25) is 9.78 Å². The molecule has 3 N–H and O–H groups in total. The smallest absolute Gasteiger partial charge is 0.307 e. The third kappa shape index (κ3) is 6.63. The highest BCUT2D eigenvalue weighted by molar-refractivity contribution is 6.37. The van der Waals surface area contributed by atoms with Gasteiger partial charge in [-0.2, -0.15) is 0 Å². The second kappa shape index (κ2) is 11.2. The molecule has 1 aliphatic rings. The van der Waals surface area contributed by atoms with Crippen LogP contribution in [0.5, 0.6) is 5.75 Å². The molecule has 6 nitrogen and oxygen atoms in total. The Bertz CT molecular complexity index is 1210. The van der Waals surface area contributed by atoms with Crippen LogP contribution in [0.1, 0.15) is 37.6 Å². The van der Waals surface area contributed by atoms with Gasteiger partial charge in [0, 0.05) is 23.2 Å². The van der Waals surface area contributed by atoms with Crippen LogP contribution in [-0.2, 0) is 11.2 Å². The highest BCUT2D eigenvalue weighted by atomic mass is 35.5. The molecule has 3 aromatic rings. The van der Waals surface area contributed by atoms with Crippen LogP contribution in [0.25, 0.3) is 22.0 Å². The van der Waals surface area contributed by atoms with E-state index < -0.39 is 11.6 Å². The number of hydrogen-bond donors (Lipinski definition) is 3. The predicted molar refractivity (Wildman–Crippen MR) is 139 cm³/mol. The topological polar surface area (TPSA) is 91.7 Å². The van der Waals surface area contributed by atoms with Gasteiger partial charge in [0.25, 0.3) is 0 Å². The fourth-order valence-corrected chi connectivity index (χ4v) is 3.93. The maximum atomic E-state index is 11.5. The molecule has 2 aromatic carbocycles. The molecule has 180 valence electrons. The fraction of sp³-hybridized carbons (Fsp3) is 0.333. The van der Waals surface area contributed by atoms with Crippen molar-refractivity contribution in [2.75, 3.05) is 18.5 Å². The van der Waals surface area contributed by atoms with Gasteiger partial charge in [0.2, 0.25) is 0 Å². The molecule has 0 radical (unpaired) electrons. The molecule has 0 aliphatic carbocycles. The lowest BCUT2D eigenvalue weighted by Gasteiger charge is -2.23. The Labute approximate surface area is 205 Å². The lowest BCUT2D eigenvalue weighted by Crippen LogP contribution is -2.18. The van der Waals surface area contributed by atoms with E-state index in [0.29, 0.717) is 23.9 Å². The van der Waals surface area contributed by atoms with E-state index in [0.717, 1.165) is 44.5 Å². The van der Waals surface area contributed by atoms with Gasteiger partial charge >= 0.3 is 5.97 Å². The standard InChI is InChI=1S/C21H19ClN2O3.C4H10O.C2H2/c1-11-9-16-13(4-3-12(2)24-16)19(15(11)10-18(25)26)14-5-6-17-21(20(14)22)23-7-8-27-17;1-4(2,3)5;1-2/h3-6,9,23H,7-8,10H2,1-2H3,(H,25,26);5H,1-3H3;1-2H. The number of nitrogens with one attached hydrogen (secondary N) is 1. The van der Waals surface area contributed by atoms with Crippen molar-refractivity contribution in [3.8, 4) is 29.7 Å². The first-order valence-corrected chi connectivity index (χ1v) is 11.2. The Kier molecular flexibility index (Phi) is 8.92. The third-order valence-corrected chi connectivity index (χ3v) is 5.22. The Morgan fingerprint density at radius 3 is 2.47 bits per heavy atom. The fourth-order valence-electron chi connectivity index (χ4n) is 3.61. The molecule has 0 saturated heterocycles. The molecule has 0 atom stereocenters. The Hall–Kier alpha value is -3.27. The zero-order valence-corrected chi connectivity index (χ0v) is 21.0. The average Bonchev–Trinajstić information content (AvgIpc) is 2.75. The van der Waals surface area contributed by atoms with Crippen LogP contribution in [0, 0.1) is 26.7 Å². The van der Waals surface area contributed by atoms with E-state index in [1.807, 2.05) is 44.2 Å². The molecule has 0 saturated carbocycles. The molecule has 1 aromatic heterocycles. The summed E-state index contributed by atoms with van der Waals surface area (Å²) in [4.78, 5) is 16.2. The largest absolute Gasteiger partial charge is 0.490 e. The zero-order valence-electron chi connectivity index (χ0n) is 20.2. The van der Waals surface area contributed by atoms with Gasteiger partial charge in [0.15, 0.2) is 0 Å². The van der Waals surface area contributed by atoms with Crippen LogP contribution in [0.3, 0.4) is 0 Å². The van der Waals surface area contributed by atoms with E-state index in [9.17, 15) is 9.90 Å². The van der Waals surface area contributed by atoms with E-state index in [1.54, 1.807) is 20.8 Å². The van der Waals surface area contributed by atoms with Gasteiger partial charge in [-0.25, -0.2) is 0 Å². The number of carboxylic acid groups (broad SMARTS) is 1. The SMILES string of the molecule is C#C.CC(C)(C)O.Cc1ccc2c(-c3ccc4c(c3Cl)NCCO4)c(CC(=O)O)c(C)cc2n1. The number of rotatable bonds is 3. The molecule has 7 heteroatoms. The minimum atomic E-state index is -0.880. The van der Waals surface area contributed by atoms with Gasteiger partial charge in [-0.15, -0.1) is 12.8 Å². The number of aliphatic hydroxyl groups is 1. The molecular weight excluding hydrogens is 452 g/mol. The average molecular weight is 483 g/mol. The first kappa shape index (κ1) is 27.0. The number of pyridine rings is 1. The number of halogens is 1. The number of hydrogen-bond acceptors (Lipinski definition) is 5. The summed E-state index contributed by atoms with van der Waals surface area (Å²) in [5.74, 6) is -0.171. The number of nitrogens with zero attached hydrogens (tertiary/aromatic N) is 1. The summed E-state index contributed by atoms with van der Waals surface area (Å²) in [6.45, 7) is 10.3. The third-order valence-electron chi connectivity index (χ3n) is 4.83. The number of aromatic nitrogens is 1. The molecule has 0 unspecified atom stereocenters. The van der Waals surface area contributed by atoms with Crippen molar-refractivity contribution < 1.29 is 19.7 Å². The Morgan fingerprint density at radius 1 is 1.21 bits per heavy atom. The monoisotopic (exact) mass is 482 g/mol. The van der Waals surface area contributed by atoms with Gasteiger partial charge in [0.1, 0.15) is 12.4 Å². The van der Waals surface area contributed by atoms with E-state index in [1.165, 1.54) is 0 Å². The summed E-state index contributed by atoms with van der Waals surface area (Å²) < 4.78 is 5.66. The van der Waals surface area contributed by atoms with Crippen molar-refractivity contribution in [2.45, 2.75) is 46.6 Å². The van der Waals surface area contributed by atoms with Crippen molar-refractivity contribution in [1.82, 2.24) is 4.98 Å². The van der Waals surface area contributed by atoms with Gasteiger partial charge < -0.3 is 20.3 Å². The minimum Gasteiger partial charge on any atom is -0.490 e. The number of ether oxygens (including phenoxy) is 1. The van der Waals surface area contributed by atoms with Gasteiger partial charge in [-0.05, 0) is 75.6 Å². The van der Waals surface area contributed by atoms with E-state index in [-0.39, 0.29) is 6.42 Å². The number of terminal acetylenes is 1. The highest BCUT2D eigenvalue weighted by Crippen LogP contribution is 2.45. The molecule has 0 fully saturated rings. The van der Waals surface area contributed by atoms with Crippen LogP contribution in [0.4, 0.5) is 5.69 Å². The number of carbonyl (C=O) groups is 1. The molecule has 0 bridgehead atoms. The number of aliphatic carboxylic acids is 1. The van der Waals surface area contributed by atoms with Crippen LogP contribution >= 0.6 is 11.6 Å². The van der Waals surface area contributed by atoms with Crippen molar-refractivity contribution in [1.29, 1.82) is 0 Å². The lowest BCUT2D eigenvalue weighted by atomic mass is 9.89. The molecule has 4 rings (SSSR count). The molecular formula is C27H31ClN2O4. The van der Waals surface area contributed by atoms with Crippen molar-refractivity contribution in [3.63, 3.8) is 0 Å². The number of benzene rings is 2. The second-order valence-corrected chi connectivity index (χ2v) is 9.26. The van der Waals surface area contributed by atoms with Crippen molar-refractivity contribution >= 4 is 34.2 Å². The zero-order chi connectivity index (χ0) is 25.6. The Morgan fingerprint density at radius 2 is 1.85 bits per heavy atom. The molecule has 34 heavy (non-hydrogen) atoms. The molecule has 2 heterocycles. The number of aryl methyl sites for hydroxylation is 2. The molecule has 0 spiro atoms. The first-order chi connectivity index (χ1) is 16.0. The predicted octanol–water partition coefficient (Wildman–Crippen LogP) is 5.63. The quantitative estimate of drug-likeness (QED) is 0.419. The summed E-state index contributed by atoms with van der Waals surface area (Å²) in [5.41, 5.74) is 5.22. The Balaban J connectivity index is 0.000000520. The lowest BCUT2D eigenvalue weighted by molar-refractivity contribution is -0.136. The van der Waals surface area contributed by atoms with Crippen LogP contribution < -0.4 is 10.1 Å². The van der Waals surface area contributed by atoms with E-state index >= 15 is 0 Å².